The predicted molar refractivity (Wildman–Crippen MR) is 72.1 cm³/mol. The van der Waals surface area contributed by atoms with E-state index in [-0.39, 0.29) is 0 Å². The molecule has 3 rings (SSSR count). The van der Waals surface area contributed by atoms with E-state index >= 15 is 0 Å². The van der Waals surface area contributed by atoms with Crippen molar-refractivity contribution in [3.05, 3.63) is 48.7 Å². The molecule has 0 unspecified atom stereocenters. The number of hydrogen-bond acceptors (Lipinski definition) is 5. The van der Waals surface area contributed by atoms with Crippen LogP contribution in [0.5, 0.6) is 5.75 Å². The van der Waals surface area contributed by atoms with E-state index in [0.29, 0.717) is 6.54 Å². The Morgan fingerprint density at radius 1 is 1.26 bits per heavy atom. The molecule has 0 amide bonds. The summed E-state index contributed by atoms with van der Waals surface area (Å²) in [6.45, 7) is 0.575. The van der Waals surface area contributed by atoms with Gasteiger partial charge in [-0.3, -0.25) is 0 Å². The van der Waals surface area contributed by atoms with Gasteiger partial charge in [-0.05, 0) is 12.1 Å². The van der Waals surface area contributed by atoms with Gasteiger partial charge in [0, 0.05) is 5.39 Å². The first-order valence-electron chi connectivity index (χ1n) is 5.91. The maximum Gasteiger partial charge on any atom is 0.176 e. The minimum atomic E-state index is 0.575. The van der Waals surface area contributed by atoms with Crippen molar-refractivity contribution in [1.29, 1.82) is 0 Å². The molecule has 1 N–H and O–H groups in total. The van der Waals surface area contributed by atoms with Crippen LogP contribution < -0.4 is 10.1 Å². The first-order valence-corrected chi connectivity index (χ1v) is 5.91. The lowest BCUT2D eigenvalue weighted by atomic mass is 10.2. The number of anilines is 1. The summed E-state index contributed by atoms with van der Waals surface area (Å²) in [5.74, 6) is 1.58. The monoisotopic (exact) mass is 255 g/mol. The summed E-state index contributed by atoms with van der Waals surface area (Å²) in [5.41, 5.74) is 1.63. The van der Waals surface area contributed by atoms with E-state index in [0.717, 1.165) is 28.2 Å². The van der Waals surface area contributed by atoms with Gasteiger partial charge in [0.25, 0.3) is 0 Å². The first kappa shape index (κ1) is 11.5. The number of methoxy groups -OCH3 is 1. The molecular formula is C14H13N3O2. The highest BCUT2D eigenvalue weighted by Gasteiger charge is 2.08. The molecule has 19 heavy (non-hydrogen) atoms. The summed E-state index contributed by atoms with van der Waals surface area (Å²) in [6.07, 6.45) is 4.93. The molecule has 0 atom stereocenters. The van der Waals surface area contributed by atoms with E-state index in [2.05, 4.69) is 15.3 Å². The quantitative estimate of drug-likeness (QED) is 0.776. The molecule has 0 aliphatic carbocycles. The highest BCUT2D eigenvalue weighted by molar-refractivity contribution is 5.83. The molecule has 96 valence electrons. The van der Waals surface area contributed by atoms with Crippen LogP contribution in [-0.2, 0) is 6.54 Å². The highest BCUT2D eigenvalue weighted by atomic mass is 16.5. The minimum absolute atomic E-state index is 0.575. The molecule has 2 heterocycles. The van der Waals surface area contributed by atoms with Crippen LogP contribution in [0.3, 0.4) is 0 Å². The Hall–Kier alpha value is -2.56. The van der Waals surface area contributed by atoms with Crippen LogP contribution in [0.2, 0.25) is 0 Å². The molecule has 1 aromatic carbocycles. The fourth-order valence-corrected chi connectivity index (χ4v) is 1.92. The Morgan fingerprint density at radius 2 is 2.11 bits per heavy atom. The lowest BCUT2D eigenvalue weighted by Gasteiger charge is -2.02. The van der Waals surface area contributed by atoms with Crippen molar-refractivity contribution in [3.63, 3.8) is 0 Å². The number of furan rings is 1. The third kappa shape index (κ3) is 2.35. The van der Waals surface area contributed by atoms with Gasteiger partial charge in [0.15, 0.2) is 11.3 Å². The number of nitrogens with one attached hydrogen (secondary N) is 1. The standard InChI is InChI=1S/C14H13N3O2/c1-18-13-4-2-3-10-5-12(19-14(10)13)8-17-11-6-15-9-16-7-11/h2-7,9,17H,8H2,1H3. The third-order valence-electron chi connectivity index (χ3n) is 2.81. The topological polar surface area (TPSA) is 60.2 Å². The Labute approximate surface area is 110 Å². The molecule has 2 aromatic heterocycles. The van der Waals surface area contributed by atoms with E-state index in [1.807, 2.05) is 24.3 Å². The molecule has 0 aliphatic rings. The maximum atomic E-state index is 5.78. The van der Waals surface area contributed by atoms with Gasteiger partial charge < -0.3 is 14.5 Å². The second-order valence-electron chi connectivity index (χ2n) is 4.07. The van der Waals surface area contributed by atoms with Crippen LogP contribution in [0.1, 0.15) is 5.76 Å². The Balaban J connectivity index is 1.82. The van der Waals surface area contributed by atoms with Crippen molar-refractivity contribution in [1.82, 2.24) is 9.97 Å². The molecule has 0 aliphatic heterocycles. The Morgan fingerprint density at radius 3 is 2.89 bits per heavy atom. The molecule has 0 radical (unpaired) electrons. The van der Waals surface area contributed by atoms with Gasteiger partial charge in [0.2, 0.25) is 0 Å². The van der Waals surface area contributed by atoms with Crippen LogP contribution in [-0.4, -0.2) is 17.1 Å². The van der Waals surface area contributed by atoms with Crippen molar-refractivity contribution in [2.75, 3.05) is 12.4 Å². The van der Waals surface area contributed by atoms with Crippen LogP contribution in [0.4, 0.5) is 5.69 Å². The molecule has 0 saturated heterocycles. The average molecular weight is 255 g/mol. The lowest BCUT2D eigenvalue weighted by molar-refractivity contribution is 0.408. The van der Waals surface area contributed by atoms with E-state index < -0.39 is 0 Å². The van der Waals surface area contributed by atoms with Crippen LogP contribution in [0.15, 0.2) is 47.4 Å². The van der Waals surface area contributed by atoms with Gasteiger partial charge in [-0.1, -0.05) is 12.1 Å². The van der Waals surface area contributed by atoms with E-state index in [1.165, 1.54) is 6.33 Å². The number of nitrogens with zero attached hydrogens (tertiary/aromatic N) is 2. The van der Waals surface area contributed by atoms with Gasteiger partial charge in [0.05, 0.1) is 31.7 Å². The zero-order chi connectivity index (χ0) is 13.1. The van der Waals surface area contributed by atoms with Crippen molar-refractivity contribution < 1.29 is 9.15 Å². The van der Waals surface area contributed by atoms with E-state index in [4.69, 9.17) is 9.15 Å². The number of aromatic nitrogens is 2. The minimum Gasteiger partial charge on any atom is -0.493 e. The molecule has 5 nitrogen and oxygen atoms in total. The van der Waals surface area contributed by atoms with Crippen molar-refractivity contribution >= 4 is 16.7 Å². The molecule has 0 saturated carbocycles. The highest BCUT2D eigenvalue weighted by Crippen LogP contribution is 2.28. The van der Waals surface area contributed by atoms with Crippen LogP contribution >= 0.6 is 0 Å². The number of fused-ring (bicyclic) bond motifs is 1. The molecule has 0 fully saturated rings. The maximum absolute atomic E-state index is 5.78. The van der Waals surface area contributed by atoms with Gasteiger partial charge in [-0.2, -0.15) is 0 Å². The molecule has 5 heteroatoms. The van der Waals surface area contributed by atoms with Crippen molar-refractivity contribution in [2.45, 2.75) is 6.54 Å². The number of para-hydroxylation sites is 1. The van der Waals surface area contributed by atoms with Crippen LogP contribution in [0, 0.1) is 0 Å². The smallest absolute Gasteiger partial charge is 0.176 e. The largest absolute Gasteiger partial charge is 0.493 e. The summed E-state index contributed by atoms with van der Waals surface area (Å²) in [7, 11) is 1.64. The second-order valence-corrected chi connectivity index (χ2v) is 4.07. The zero-order valence-corrected chi connectivity index (χ0v) is 10.5. The molecule has 3 aromatic rings. The lowest BCUT2D eigenvalue weighted by Crippen LogP contribution is -1.98. The second kappa shape index (κ2) is 4.97. The number of ether oxygens (including phenoxy) is 1. The average Bonchev–Trinajstić information content (AvgIpc) is 2.89. The SMILES string of the molecule is COc1cccc2cc(CNc3cncnc3)oc12. The van der Waals surface area contributed by atoms with Gasteiger partial charge in [-0.15, -0.1) is 0 Å². The summed E-state index contributed by atoms with van der Waals surface area (Å²) in [5, 5.41) is 4.23. The predicted octanol–water partition coefficient (Wildman–Crippen LogP) is 2.84. The third-order valence-corrected chi connectivity index (χ3v) is 2.81. The first-order chi connectivity index (χ1) is 9.36. The molecule has 0 spiro atoms. The zero-order valence-electron chi connectivity index (χ0n) is 10.5. The van der Waals surface area contributed by atoms with Crippen LogP contribution in [0.25, 0.3) is 11.0 Å². The van der Waals surface area contributed by atoms with Gasteiger partial charge >= 0.3 is 0 Å². The van der Waals surface area contributed by atoms with Crippen molar-refractivity contribution in [3.8, 4) is 5.75 Å². The summed E-state index contributed by atoms with van der Waals surface area (Å²) < 4.78 is 11.1. The fraction of sp³-hybridized carbons (Fsp3) is 0.143. The fourth-order valence-electron chi connectivity index (χ4n) is 1.92. The molecular weight excluding hydrogens is 242 g/mol. The normalized spacial score (nSPS) is 10.6. The van der Waals surface area contributed by atoms with E-state index in [9.17, 15) is 0 Å². The van der Waals surface area contributed by atoms with Gasteiger partial charge in [-0.25, -0.2) is 9.97 Å². The Bertz CT molecular complexity index is 679. The summed E-state index contributed by atoms with van der Waals surface area (Å²) >= 11 is 0. The number of hydrogen-bond donors (Lipinski definition) is 1. The number of benzene rings is 1. The summed E-state index contributed by atoms with van der Waals surface area (Å²) in [4.78, 5) is 7.89. The van der Waals surface area contributed by atoms with E-state index in [1.54, 1.807) is 19.5 Å². The van der Waals surface area contributed by atoms with Crippen molar-refractivity contribution in [2.24, 2.45) is 0 Å². The number of rotatable bonds is 4. The molecule has 0 bridgehead atoms. The Kier molecular flexibility index (Phi) is 3.02. The summed E-state index contributed by atoms with van der Waals surface area (Å²) in [6, 6.07) is 7.82. The van der Waals surface area contributed by atoms with Gasteiger partial charge in [0.1, 0.15) is 12.1 Å².